The number of nitrogens with zero attached hydrogens (tertiary/aromatic N) is 1. The summed E-state index contributed by atoms with van der Waals surface area (Å²) < 4.78 is 6.27. The molecule has 4 nitrogen and oxygen atoms in total. The lowest BCUT2D eigenvalue weighted by molar-refractivity contribution is 0.0870. The molecule has 0 aromatic heterocycles. The van der Waals surface area contributed by atoms with Crippen LogP contribution in [0.2, 0.25) is 0 Å². The van der Waals surface area contributed by atoms with E-state index in [9.17, 15) is 0 Å². The molecule has 4 N–H and O–H groups in total. The molecule has 0 aliphatic carbocycles. The second-order valence-electron chi connectivity index (χ2n) is 6.97. The number of benzene rings is 2. The first kappa shape index (κ1) is 21.5. The lowest BCUT2D eigenvalue weighted by atomic mass is 10.1. The van der Waals surface area contributed by atoms with Crippen molar-refractivity contribution >= 4 is 23.1 Å². The summed E-state index contributed by atoms with van der Waals surface area (Å²) in [6.45, 7) is 11.1. The summed E-state index contributed by atoms with van der Waals surface area (Å²) in [4.78, 5) is 4.70. The first-order valence-corrected chi connectivity index (χ1v) is 10.6. The van der Waals surface area contributed by atoms with Crippen molar-refractivity contribution in [1.82, 2.24) is 4.90 Å². The van der Waals surface area contributed by atoms with E-state index in [1.54, 1.807) is 11.8 Å². The Morgan fingerprint density at radius 2 is 1.59 bits per heavy atom. The third-order valence-electron chi connectivity index (χ3n) is 4.70. The summed E-state index contributed by atoms with van der Waals surface area (Å²) in [6, 6.07) is 14.3. The van der Waals surface area contributed by atoms with Crippen molar-refractivity contribution in [2.45, 2.75) is 62.5 Å². The zero-order valence-corrected chi connectivity index (χ0v) is 17.8. The number of hydrogen-bond acceptors (Lipinski definition) is 5. The number of rotatable bonds is 10. The average molecular weight is 388 g/mol. The highest BCUT2D eigenvalue weighted by molar-refractivity contribution is 7.99. The number of nitrogens with two attached hydrogens (primary N) is 2. The number of hydrogen-bond donors (Lipinski definition) is 2. The van der Waals surface area contributed by atoms with Crippen LogP contribution in [0.25, 0.3) is 0 Å². The maximum Gasteiger partial charge on any atom is 0.120 e. The Bertz CT molecular complexity index is 716. The molecule has 27 heavy (non-hydrogen) atoms. The van der Waals surface area contributed by atoms with Crippen LogP contribution in [-0.2, 0) is 0 Å². The molecule has 0 aliphatic rings. The first-order chi connectivity index (χ1) is 12.9. The predicted octanol–water partition coefficient (Wildman–Crippen LogP) is 5.28. The maximum absolute atomic E-state index is 6.27. The number of nitrogen functional groups attached to an aromatic ring is 2. The highest BCUT2D eigenvalue weighted by atomic mass is 32.2. The van der Waals surface area contributed by atoms with Gasteiger partial charge in [0.2, 0.25) is 0 Å². The van der Waals surface area contributed by atoms with Crippen LogP contribution >= 0.6 is 11.8 Å². The highest BCUT2D eigenvalue weighted by Crippen LogP contribution is 2.32. The van der Waals surface area contributed by atoms with E-state index in [-0.39, 0.29) is 6.10 Å². The van der Waals surface area contributed by atoms with Crippen molar-refractivity contribution in [3.05, 3.63) is 42.5 Å². The summed E-state index contributed by atoms with van der Waals surface area (Å²) >= 11 is 1.66. The van der Waals surface area contributed by atoms with Crippen LogP contribution in [0.5, 0.6) is 5.75 Å². The summed E-state index contributed by atoms with van der Waals surface area (Å²) in [7, 11) is 0. The van der Waals surface area contributed by atoms with E-state index in [0.29, 0.717) is 17.4 Å². The summed E-state index contributed by atoms with van der Waals surface area (Å²) in [5.41, 5.74) is 12.9. The fourth-order valence-electron chi connectivity index (χ4n) is 3.07. The van der Waals surface area contributed by atoms with E-state index in [2.05, 4.69) is 44.7 Å². The fourth-order valence-corrected chi connectivity index (χ4v) is 3.98. The van der Waals surface area contributed by atoms with Crippen molar-refractivity contribution < 1.29 is 4.74 Å². The largest absolute Gasteiger partial charge is 0.489 e. The molecule has 0 heterocycles. The van der Waals surface area contributed by atoms with Gasteiger partial charge in [-0.1, -0.05) is 31.7 Å². The normalized spacial score (nSPS) is 13.5. The van der Waals surface area contributed by atoms with E-state index in [4.69, 9.17) is 16.2 Å². The lowest BCUT2D eigenvalue weighted by Crippen LogP contribution is -2.43. The van der Waals surface area contributed by atoms with Gasteiger partial charge < -0.3 is 16.2 Å². The molecule has 0 fully saturated rings. The molecule has 5 heteroatoms. The van der Waals surface area contributed by atoms with Crippen LogP contribution in [0.1, 0.15) is 40.5 Å². The van der Waals surface area contributed by atoms with Crippen molar-refractivity contribution in [2.75, 3.05) is 24.6 Å². The van der Waals surface area contributed by atoms with Crippen LogP contribution in [0.15, 0.2) is 52.3 Å². The van der Waals surface area contributed by atoms with E-state index < -0.39 is 0 Å². The molecule has 0 aliphatic heterocycles. The second-order valence-corrected chi connectivity index (χ2v) is 8.11. The molecule has 148 valence electrons. The van der Waals surface area contributed by atoms with Gasteiger partial charge in [-0.2, -0.15) is 0 Å². The van der Waals surface area contributed by atoms with Gasteiger partial charge in [0.1, 0.15) is 11.9 Å². The molecule has 0 amide bonds. The van der Waals surface area contributed by atoms with Crippen LogP contribution in [-0.4, -0.2) is 30.1 Å². The Kier molecular flexibility index (Phi) is 8.32. The SMILES string of the molecule is CCCN(CCC)C(C)C(C)Oc1cccc(Sc2ccc(N)c(N)c2)c1. The minimum Gasteiger partial charge on any atom is -0.489 e. The Morgan fingerprint density at radius 1 is 0.926 bits per heavy atom. The molecule has 0 saturated carbocycles. The van der Waals surface area contributed by atoms with Crippen molar-refractivity contribution in [1.29, 1.82) is 0 Å². The molecule has 2 atom stereocenters. The molecule has 2 aromatic rings. The summed E-state index contributed by atoms with van der Waals surface area (Å²) in [5, 5.41) is 0. The summed E-state index contributed by atoms with van der Waals surface area (Å²) in [5.74, 6) is 0.899. The van der Waals surface area contributed by atoms with E-state index in [1.165, 1.54) is 0 Å². The predicted molar refractivity (Wildman–Crippen MR) is 118 cm³/mol. The van der Waals surface area contributed by atoms with Gasteiger partial charge in [-0.3, -0.25) is 4.90 Å². The minimum atomic E-state index is 0.121. The molecule has 2 unspecified atom stereocenters. The van der Waals surface area contributed by atoms with Gasteiger partial charge in [-0.25, -0.2) is 0 Å². The Balaban J connectivity index is 2.04. The molecule has 0 radical (unpaired) electrons. The van der Waals surface area contributed by atoms with Crippen LogP contribution in [0.4, 0.5) is 11.4 Å². The van der Waals surface area contributed by atoms with Crippen LogP contribution in [0.3, 0.4) is 0 Å². The van der Waals surface area contributed by atoms with Gasteiger partial charge in [0.15, 0.2) is 0 Å². The monoisotopic (exact) mass is 387 g/mol. The summed E-state index contributed by atoms with van der Waals surface area (Å²) in [6.07, 6.45) is 2.44. The van der Waals surface area contributed by atoms with Crippen LogP contribution in [0, 0.1) is 0 Å². The number of anilines is 2. The van der Waals surface area contributed by atoms with E-state index in [1.807, 2.05) is 30.3 Å². The van der Waals surface area contributed by atoms with Gasteiger partial charge >= 0.3 is 0 Å². The highest BCUT2D eigenvalue weighted by Gasteiger charge is 2.20. The second kappa shape index (κ2) is 10.5. The van der Waals surface area contributed by atoms with Gasteiger partial charge in [0, 0.05) is 15.8 Å². The zero-order valence-electron chi connectivity index (χ0n) is 16.9. The van der Waals surface area contributed by atoms with Crippen LogP contribution < -0.4 is 16.2 Å². The molecule has 2 aromatic carbocycles. The van der Waals surface area contributed by atoms with Crippen molar-refractivity contribution in [3.8, 4) is 5.75 Å². The van der Waals surface area contributed by atoms with Gasteiger partial charge in [-0.05, 0) is 76.2 Å². The molecule has 0 saturated heterocycles. The topological polar surface area (TPSA) is 64.5 Å². The van der Waals surface area contributed by atoms with E-state index in [0.717, 1.165) is 41.5 Å². The Labute approximate surface area is 168 Å². The quantitative estimate of drug-likeness (QED) is 0.543. The van der Waals surface area contributed by atoms with E-state index >= 15 is 0 Å². The lowest BCUT2D eigenvalue weighted by Gasteiger charge is -2.33. The maximum atomic E-state index is 6.27. The minimum absolute atomic E-state index is 0.121. The first-order valence-electron chi connectivity index (χ1n) is 9.78. The third kappa shape index (κ3) is 6.36. The fraction of sp³-hybridized carbons (Fsp3) is 0.455. The Morgan fingerprint density at radius 3 is 2.22 bits per heavy atom. The Hall–Kier alpha value is -1.85. The number of ether oxygens (including phenoxy) is 1. The average Bonchev–Trinajstić information content (AvgIpc) is 2.64. The molecule has 0 bridgehead atoms. The molecular formula is C22H33N3OS. The van der Waals surface area contributed by atoms with Crippen molar-refractivity contribution in [3.63, 3.8) is 0 Å². The van der Waals surface area contributed by atoms with Gasteiger partial charge in [0.25, 0.3) is 0 Å². The van der Waals surface area contributed by atoms with Crippen molar-refractivity contribution in [2.24, 2.45) is 0 Å². The molecule has 2 rings (SSSR count). The zero-order chi connectivity index (χ0) is 19.8. The molecular weight excluding hydrogens is 354 g/mol. The molecule has 0 spiro atoms. The van der Waals surface area contributed by atoms with Gasteiger partial charge in [0.05, 0.1) is 11.4 Å². The standard InChI is InChI=1S/C22H33N3OS/c1-5-12-25(13-6-2)16(3)17(4)26-18-8-7-9-19(14-18)27-20-10-11-21(23)22(24)15-20/h7-11,14-17H,5-6,12-13,23-24H2,1-4H3. The smallest absolute Gasteiger partial charge is 0.120 e. The third-order valence-corrected chi connectivity index (χ3v) is 5.68. The van der Waals surface area contributed by atoms with Gasteiger partial charge in [-0.15, -0.1) is 0 Å².